The lowest BCUT2D eigenvalue weighted by Crippen LogP contribution is -2.13. The number of nitrogens with one attached hydrogen (secondary N) is 1. The zero-order valence-corrected chi connectivity index (χ0v) is 19.6. The molecule has 0 saturated carbocycles. The van der Waals surface area contributed by atoms with E-state index in [1.165, 1.54) is 23.5 Å². The van der Waals surface area contributed by atoms with Gasteiger partial charge in [-0.2, -0.15) is 10.5 Å². The number of fused-ring (bicyclic) bond motifs is 1. The number of carbonyl (C=O) groups excluding carboxylic acids is 1. The van der Waals surface area contributed by atoms with Crippen molar-refractivity contribution in [3.8, 4) is 17.8 Å². The highest BCUT2D eigenvalue weighted by atomic mass is 32.1. The summed E-state index contributed by atoms with van der Waals surface area (Å²) in [6.45, 7) is 3.72. The third kappa shape index (κ3) is 4.24. The van der Waals surface area contributed by atoms with Gasteiger partial charge in [-0.1, -0.05) is 6.07 Å². The van der Waals surface area contributed by atoms with Crippen LogP contribution in [0.15, 0.2) is 35.9 Å². The van der Waals surface area contributed by atoms with Gasteiger partial charge >= 0.3 is 5.97 Å². The van der Waals surface area contributed by atoms with E-state index in [9.17, 15) is 25.2 Å². The quantitative estimate of drug-likeness (QED) is 0.395. The Labute approximate surface area is 201 Å². The van der Waals surface area contributed by atoms with Gasteiger partial charge in [0.1, 0.15) is 22.7 Å². The SMILES string of the molecule is Cc1cc(/C=C(\C#N)C(=O)Nc2sc3c(c2C#N)CCCC3)c(C)n1-c1cccc(C(=O)O)c1. The van der Waals surface area contributed by atoms with Crippen molar-refractivity contribution in [2.75, 3.05) is 5.32 Å². The minimum atomic E-state index is -1.01. The lowest BCUT2D eigenvalue weighted by molar-refractivity contribution is -0.112. The van der Waals surface area contributed by atoms with Crippen LogP contribution in [0.3, 0.4) is 0 Å². The number of thiophene rings is 1. The number of benzene rings is 1. The minimum Gasteiger partial charge on any atom is -0.478 e. The first kappa shape index (κ1) is 23.0. The summed E-state index contributed by atoms with van der Waals surface area (Å²) in [5, 5.41) is 31.9. The highest BCUT2D eigenvalue weighted by Crippen LogP contribution is 2.37. The van der Waals surface area contributed by atoms with Crippen molar-refractivity contribution in [2.45, 2.75) is 39.5 Å². The summed E-state index contributed by atoms with van der Waals surface area (Å²) in [4.78, 5) is 25.4. The van der Waals surface area contributed by atoms with E-state index in [1.807, 2.05) is 30.6 Å². The van der Waals surface area contributed by atoms with Crippen molar-refractivity contribution in [1.82, 2.24) is 4.57 Å². The molecule has 34 heavy (non-hydrogen) atoms. The number of aromatic carboxylic acids is 1. The molecule has 0 saturated heterocycles. The summed E-state index contributed by atoms with van der Waals surface area (Å²) in [5.74, 6) is -1.57. The molecule has 170 valence electrons. The molecule has 0 aliphatic heterocycles. The van der Waals surface area contributed by atoms with Gasteiger partial charge < -0.3 is 15.0 Å². The average Bonchev–Trinajstić information content (AvgIpc) is 3.32. The van der Waals surface area contributed by atoms with Crippen molar-refractivity contribution in [3.05, 3.63) is 74.4 Å². The molecule has 0 fully saturated rings. The standard InChI is InChI=1S/C26H22N4O3S/c1-15-10-18(16(2)30(15)20-7-5-6-17(12-20)26(32)33)11-19(13-27)24(31)29-25-22(14-28)21-8-3-4-9-23(21)34-25/h5-7,10-12H,3-4,8-9H2,1-2H3,(H,29,31)(H,32,33)/b19-11+. The maximum Gasteiger partial charge on any atom is 0.335 e. The Morgan fingerprint density at radius 3 is 2.65 bits per heavy atom. The van der Waals surface area contributed by atoms with Crippen molar-refractivity contribution in [3.63, 3.8) is 0 Å². The van der Waals surface area contributed by atoms with Crippen LogP contribution in [0, 0.1) is 36.5 Å². The largest absolute Gasteiger partial charge is 0.478 e. The fourth-order valence-corrected chi connectivity index (χ4v) is 5.59. The van der Waals surface area contributed by atoms with Crippen LogP contribution >= 0.6 is 11.3 Å². The third-order valence-corrected chi connectivity index (χ3v) is 7.20. The number of aryl methyl sites for hydroxylation is 2. The fourth-order valence-electron chi connectivity index (χ4n) is 4.36. The van der Waals surface area contributed by atoms with Gasteiger partial charge in [-0.3, -0.25) is 4.79 Å². The smallest absolute Gasteiger partial charge is 0.335 e. The van der Waals surface area contributed by atoms with E-state index in [0.29, 0.717) is 21.8 Å². The summed E-state index contributed by atoms with van der Waals surface area (Å²) in [5.41, 5.74) is 4.58. The van der Waals surface area contributed by atoms with Gasteiger partial charge in [-0.25, -0.2) is 4.79 Å². The molecule has 0 radical (unpaired) electrons. The second kappa shape index (κ2) is 9.38. The predicted octanol–water partition coefficient (Wildman–Crippen LogP) is 5.15. The number of anilines is 1. The average molecular weight is 471 g/mol. The Balaban J connectivity index is 1.66. The van der Waals surface area contributed by atoms with Crippen LogP contribution in [0.4, 0.5) is 5.00 Å². The van der Waals surface area contributed by atoms with Crippen LogP contribution in [-0.2, 0) is 17.6 Å². The molecule has 0 unspecified atom stereocenters. The number of nitriles is 2. The Morgan fingerprint density at radius 1 is 1.18 bits per heavy atom. The zero-order chi connectivity index (χ0) is 24.4. The number of carboxylic acid groups (broad SMARTS) is 1. The molecular weight excluding hydrogens is 448 g/mol. The highest BCUT2D eigenvalue weighted by Gasteiger charge is 2.23. The van der Waals surface area contributed by atoms with Gasteiger partial charge in [-0.05, 0) is 81.0 Å². The monoisotopic (exact) mass is 470 g/mol. The van der Waals surface area contributed by atoms with E-state index < -0.39 is 11.9 Å². The molecule has 0 bridgehead atoms. The Morgan fingerprint density at radius 2 is 1.94 bits per heavy atom. The van der Waals surface area contributed by atoms with Gasteiger partial charge in [0.25, 0.3) is 5.91 Å². The van der Waals surface area contributed by atoms with Crippen LogP contribution in [0.1, 0.15) is 56.2 Å². The summed E-state index contributed by atoms with van der Waals surface area (Å²) in [6.07, 6.45) is 5.36. The van der Waals surface area contributed by atoms with Crippen LogP contribution in [0.25, 0.3) is 11.8 Å². The van der Waals surface area contributed by atoms with Crippen LogP contribution < -0.4 is 5.32 Å². The maximum absolute atomic E-state index is 12.9. The molecule has 1 aliphatic carbocycles. The second-order valence-corrected chi connectivity index (χ2v) is 9.27. The van der Waals surface area contributed by atoms with Crippen LogP contribution in [-0.4, -0.2) is 21.6 Å². The first-order valence-corrected chi connectivity index (χ1v) is 11.7. The Hall–Kier alpha value is -4.14. The number of hydrogen-bond acceptors (Lipinski definition) is 5. The summed E-state index contributed by atoms with van der Waals surface area (Å²) in [6, 6.07) is 12.6. The van der Waals surface area contributed by atoms with E-state index >= 15 is 0 Å². The molecule has 1 amide bonds. The third-order valence-electron chi connectivity index (χ3n) is 6.00. The summed E-state index contributed by atoms with van der Waals surface area (Å²) in [7, 11) is 0. The number of carbonyl (C=O) groups is 2. The lowest BCUT2D eigenvalue weighted by Gasteiger charge is -2.10. The minimum absolute atomic E-state index is 0.0743. The van der Waals surface area contributed by atoms with Crippen LogP contribution in [0.5, 0.6) is 0 Å². The molecule has 0 spiro atoms. The molecule has 2 aromatic heterocycles. The number of carboxylic acids is 1. The molecule has 1 aromatic carbocycles. The molecule has 2 N–H and O–H groups in total. The molecule has 3 aromatic rings. The number of aromatic nitrogens is 1. The molecule has 4 rings (SSSR count). The van der Waals surface area contributed by atoms with Gasteiger partial charge in [0.05, 0.1) is 11.1 Å². The normalized spacial score (nSPS) is 13.0. The Kier molecular flexibility index (Phi) is 6.36. The van der Waals surface area contributed by atoms with Crippen molar-refractivity contribution < 1.29 is 14.7 Å². The van der Waals surface area contributed by atoms with Crippen molar-refractivity contribution in [1.29, 1.82) is 10.5 Å². The molecule has 2 heterocycles. The first-order valence-electron chi connectivity index (χ1n) is 10.8. The zero-order valence-electron chi connectivity index (χ0n) is 18.8. The van der Waals surface area contributed by atoms with Gasteiger partial charge in [0.15, 0.2) is 0 Å². The molecule has 1 aliphatic rings. The van der Waals surface area contributed by atoms with E-state index in [-0.39, 0.29) is 11.1 Å². The van der Waals surface area contributed by atoms with E-state index in [2.05, 4.69) is 11.4 Å². The van der Waals surface area contributed by atoms with Crippen molar-refractivity contribution in [2.24, 2.45) is 0 Å². The van der Waals surface area contributed by atoms with E-state index in [1.54, 1.807) is 18.2 Å². The number of rotatable bonds is 5. The number of amides is 1. The van der Waals surface area contributed by atoms with Gasteiger partial charge in [-0.15, -0.1) is 11.3 Å². The van der Waals surface area contributed by atoms with Gasteiger partial charge in [0.2, 0.25) is 0 Å². The maximum atomic E-state index is 12.9. The topological polar surface area (TPSA) is 119 Å². The predicted molar refractivity (Wildman–Crippen MR) is 130 cm³/mol. The first-order chi connectivity index (χ1) is 16.3. The number of hydrogen-bond donors (Lipinski definition) is 2. The summed E-state index contributed by atoms with van der Waals surface area (Å²) >= 11 is 1.42. The van der Waals surface area contributed by atoms with Crippen LogP contribution in [0.2, 0.25) is 0 Å². The van der Waals surface area contributed by atoms with E-state index in [4.69, 9.17) is 0 Å². The Bertz CT molecular complexity index is 1430. The molecule has 7 nitrogen and oxygen atoms in total. The molecular formula is C26H22N4O3S. The van der Waals surface area contributed by atoms with Crippen molar-refractivity contribution >= 4 is 34.3 Å². The molecule has 0 atom stereocenters. The highest BCUT2D eigenvalue weighted by molar-refractivity contribution is 7.16. The lowest BCUT2D eigenvalue weighted by atomic mass is 9.96. The fraction of sp³-hybridized carbons (Fsp3) is 0.231. The summed E-state index contributed by atoms with van der Waals surface area (Å²) < 4.78 is 1.88. The second-order valence-electron chi connectivity index (χ2n) is 8.17. The number of nitrogens with zero attached hydrogens (tertiary/aromatic N) is 3. The van der Waals surface area contributed by atoms with E-state index in [0.717, 1.165) is 47.5 Å². The molecule has 8 heteroatoms. The van der Waals surface area contributed by atoms with Gasteiger partial charge in [0, 0.05) is 22.0 Å².